The quantitative estimate of drug-likeness (QED) is 0.787. The van der Waals surface area contributed by atoms with Crippen molar-refractivity contribution < 1.29 is 0 Å². The van der Waals surface area contributed by atoms with Gasteiger partial charge in [0, 0.05) is 27.0 Å². The lowest BCUT2D eigenvalue weighted by atomic mass is 10.2. The summed E-state index contributed by atoms with van der Waals surface area (Å²) in [6, 6.07) is 6.17. The highest BCUT2D eigenvalue weighted by Crippen LogP contribution is 2.45. The molecule has 1 heterocycles. The first-order chi connectivity index (χ1) is 6.75. The van der Waals surface area contributed by atoms with Gasteiger partial charge in [0.15, 0.2) is 0 Å². The van der Waals surface area contributed by atoms with Crippen LogP contribution in [0.15, 0.2) is 22.7 Å². The number of benzene rings is 1. The van der Waals surface area contributed by atoms with E-state index in [1.54, 1.807) is 0 Å². The molecular formula is C11H9BrClN. The molecule has 1 N–H and O–H groups in total. The van der Waals surface area contributed by atoms with Crippen molar-refractivity contribution in [3.63, 3.8) is 0 Å². The number of rotatable bonds is 1. The summed E-state index contributed by atoms with van der Waals surface area (Å²) in [5.74, 6) is 0.675. The molecule has 1 fully saturated rings. The van der Waals surface area contributed by atoms with Gasteiger partial charge in [0.05, 0.1) is 5.02 Å². The van der Waals surface area contributed by atoms with Crippen LogP contribution in [0.1, 0.15) is 24.5 Å². The van der Waals surface area contributed by atoms with E-state index in [4.69, 9.17) is 11.6 Å². The third kappa shape index (κ3) is 1.29. The largest absolute Gasteiger partial charge is 0.357 e. The van der Waals surface area contributed by atoms with Crippen molar-refractivity contribution in [1.82, 2.24) is 4.98 Å². The summed E-state index contributed by atoms with van der Waals surface area (Å²) in [7, 11) is 0. The zero-order valence-electron chi connectivity index (χ0n) is 7.48. The SMILES string of the molecule is Clc1c(C2CC2)[nH]c2ccc(Br)cc12. The van der Waals surface area contributed by atoms with E-state index in [0.29, 0.717) is 5.92 Å². The molecule has 72 valence electrons. The predicted molar refractivity (Wildman–Crippen MR) is 63.0 cm³/mol. The Hall–Kier alpha value is -0.470. The first-order valence-electron chi connectivity index (χ1n) is 4.72. The second-order valence-electron chi connectivity index (χ2n) is 3.82. The molecule has 1 saturated carbocycles. The fourth-order valence-corrected chi connectivity index (χ4v) is 2.52. The van der Waals surface area contributed by atoms with E-state index in [2.05, 4.69) is 33.0 Å². The fraction of sp³-hybridized carbons (Fsp3) is 0.273. The maximum Gasteiger partial charge on any atom is 0.0695 e. The van der Waals surface area contributed by atoms with Gasteiger partial charge in [0.25, 0.3) is 0 Å². The van der Waals surface area contributed by atoms with Gasteiger partial charge >= 0.3 is 0 Å². The monoisotopic (exact) mass is 269 g/mol. The lowest BCUT2D eigenvalue weighted by Crippen LogP contribution is -1.77. The summed E-state index contributed by atoms with van der Waals surface area (Å²) >= 11 is 9.77. The van der Waals surface area contributed by atoms with E-state index in [-0.39, 0.29) is 0 Å². The van der Waals surface area contributed by atoms with Crippen molar-refractivity contribution in [3.8, 4) is 0 Å². The minimum absolute atomic E-state index is 0.675. The maximum atomic E-state index is 6.31. The zero-order valence-corrected chi connectivity index (χ0v) is 9.82. The van der Waals surface area contributed by atoms with Crippen molar-refractivity contribution in [2.75, 3.05) is 0 Å². The molecule has 1 aromatic heterocycles. The van der Waals surface area contributed by atoms with E-state index in [1.807, 2.05) is 6.07 Å². The molecule has 0 spiro atoms. The molecule has 2 aromatic rings. The molecule has 0 radical (unpaired) electrons. The lowest BCUT2D eigenvalue weighted by Gasteiger charge is -1.92. The maximum absolute atomic E-state index is 6.31. The Labute approximate surface area is 95.6 Å². The number of nitrogens with one attached hydrogen (secondary N) is 1. The number of halogens is 2. The van der Waals surface area contributed by atoms with Gasteiger partial charge in [-0.05, 0) is 31.0 Å². The summed E-state index contributed by atoms with van der Waals surface area (Å²) in [4.78, 5) is 3.40. The number of aromatic nitrogens is 1. The third-order valence-electron chi connectivity index (χ3n) is 2.71. The van der Waals surface area contributed by atoms with Crippen LogP contribution in [0.3, 0.4) is 0 Å². The number of H-pyrrole nitrogens is 1. The molecule has 1 aliphatic carbocycles. The van der Waals surface area contributed by atoms with Crippen molar-refractivity contribution in [2.24, 2.45) is 0 Å². The standard InChI is InChI=1S/C11H9BrClN/c12-7-3-4-9-8(5-7)10(13)11(14-9)6-1-2-6/h3-6,14H,1-2H2. The number of hydrogen-bond donors (Lipinski definition) is 1. The molecule has 0 atom stereocenters. The average Bonchev–Trinajstić information content (AvgIpc) is 2.95. The smallest absolute Gasteiger partial charge is 0.0695 e. The molecule has 3 rings (SSSR count). The van der Waals surface area contributed by atoms with Gasteiger partial charge < -0.3 is 4.98 Å². The van der Waals surface area contributed by atoms with Crippen LogP contribution in [0.25, 0.3) is 10.9 Å². The highest BCUT2D eigenvalue weighted by atomic mass is 79.9. The van der Waals surface area contributed by atoms with Gasteiger partial charge in [-0.15, -0.1) is 0 Å². The van der Waals surface area contributed by atoms with E-state index < -0.39 is 0 Å². The summed E-state index contributed by atoms with van der Waals surface area (Å²) < 4.78 is 1.08. The highest BCUT2D eigenvalue weighted by molar-refractivity contribution is 9.10. The summed E-state index contributed by atoms with van der Waals surface area (Å²) in [6.07, 6.45) is 2.54. The molecule has 1 nitrogen and oxygen atoms in total. The number of hydrogen-bond acceptors (Lipinski definition) is 0. The van der Waals surface area contributed by atoms with Crippen molar-refractivity contribution in [3.05, 3.63) is 33.4 Å². The normalized spacial score (nSPS) is 16.4. The zero-order chi connectivity index (χ0) is 9.71. The van der Waals surface area contributed by atoms with Gasteiger partial charge in [-0.3, -0.25) is 0 Å². The van der Waals surface area contributed by atoms with Crippen molar-refractivity contribution >= 4 is 38.4 Å². The Kier molecular flexibility index (Phi) is 1.89. The first kappa shape index (κ1) is 8.81. The molecule has 0 unspecified atom stereocenters. The molecule has 1 aromatic carbocycles. The molecule has 3 heteroatoms. The van der Waals surface area contributed by atoms with E-state index in [9.17, 15) is 0 Å². The van der Waals surface area contributed by atoms with Crippen LogP contribution < -0.4 is 0 Å². The van der Waals surface area contributed by atoms with Crippen LogP contribution >= 0.6 is 27.5 Å². The van der Waals surface area contributed by atoms with E-state index in [0.717, 1.165) is 20.4 Å². The number of aromatic amines is 1. The van der Waals surface area contributed by atoms with Gasteiger partial charge in [-0.2, -0.15) is 0 Å². The van der Waals surface area contributed by atoms with Crippen molar-refractivity contribution in [1.29, 1.82) is 0 Å². The van der Waals surface area contributed by atoms with Gasteiger partial charge in [0.1, 0.15) is 0 Å². The Morgan fingerprint density at radius 2 is 2.14 bits per heavy atom. The van der Waals surface area contributed by atoms with Crippen LogP contribution in [-0.4, -0.2) is 4.98 Å². The molecule has 1 aliphatic rings. The van der Waals surface area contributed by atoms with Crippen LogP contribution in [-0.2, 0) is 0 Å². The average molecular weight is 271 g/mol. The summed E-state index contributed by atoms with van der Waals surface area (Å²) in [5.41, 5.74) is 2.36. The molecule has 0 bridgehead atoms. The first-order valence-corrected chi connectivity index (χ1v) is 5.89. The molecular weight excluding hydrogens is 261 g/mol. The van der Waals surface area contributed by atoms with E-state index >= 15 is 0 Å². The van der Waals surface area contributed by atoms with Crippen LogP contribution in [0.4, 0.5) is 0 Å². The van der Waals surface area contributed by atoms with Gasteiger partial charge in [-0.1, -0.05) is 27.5 Å². The van der Waals surface area contributed by atoms with E-state index in [1.165, 1.54) is 18.5 Å². The van der Waals surface area contributed by atoms with Crippen LogP contribution in [0.5, 0.6) is 0 Å². The Morgan fingerprint density at radius 1 is 1.36 bits per heavy atom. The Balaban J connectivity index is 2.29. The van der Waals surface area contributed by atoms with Crippen LogP contribution in [0.2, 0.25) is 5.02 Å². The molecule has 0 aliphatic heterocycles. The molecule has 14 heavy (non-hydrogen) atoms. The molecule has 0 saturated heterocycles. The third-order valence-corrected chi connectivity index (χ3v) is 3.61. The molecule has 0 amide bonds. The highest BCUT2D eigenvalue weighted by Gasteiger charge is 2.28. The minimum atomic E-state index is 0.675. The summed E-state index contributed by atoms with van der Waals surface area (Å²) in [5, 5.41) is 2.03. The minimum Gasteiger partial charge on any atom is -0.357 e. The second-order valence-corrected chi connectivity index (χ2v) is 5.11. The number of fused-ring (bicyclic) bond motifs is 1. The fourth-order valence-electron chi connectivity index (χ4n) is 1.81. The lowest BCUT2D eigenvalue weighted by molar-refractivity contribution is 1.06. The van der Waals surface area contributed by atoms with Crippen molar-refractivity contribution in [2.45, 2.75) is 18.8 Å². The predicted octanol–water partition coefficient (Wildman–Crippen LogP) is 4.46. The van der Waals surface area contributed by atoms with Gasteiger partial charge in [-0.25, -0.2) is 0 Å². The Bertz CT molecular complexity index is 499. The Morgan fingerprint density at radius 3 is 2.86 bits per heavy atom. The summed E-state index contributed by atoms with van der Waals surface area (Å²) in [6.45, 7) is 0. The van der Waals surface area contributed by atoms with Crippen LogP contribution in [0, 0.1) is 0 Å². The topological polar surface area (TPSA) is 15.8 Å². The van der Waals surface area contributed by atoms with Gasteiger partial charge in [0.2, 0.25) is 0 Å². The second kappa shape index (κ2) is 3.01.